The number of aromatic nitrogens is 4. The van der Waals surface area contributed by atoms with Gasteiger partial charge in [-0.2, -0.15) is 0 Å². The Kier molecular flexibility index (Phi) is 5.16. The summed E-state index contributed by atoms with van der Waals surface area (Å²) in [6, 6.07) is 9.56. The first-order valence-corrected chi connectivity index (χ1v) is 11.0. The lowest BCUT2D eigenvalue weighted by molar-refractivity contribution is 0.102. The number of amides is 1. The monoisotopic (exact) mass is 446 g/mol. The zero-order valence-electron chi connectivity index (χ0n) is 17.7. The molecule has 4 heterocycles. The van der Waals surface area contributed by atoms with E-state index in [1.54, 1.807) is 35.9 Å². The second kappa shape index (κ2) is 8.13. The molecule has 1 fully saturated rings. The van der Waals surface area contributed by atoms with Crippen LogP contribution in [0.25, 0.3) is 21.3 Å². The summed E-state index contributed by atoms with van der Waals surface area (Å²) in [5, 5.41) is 4.62. The van der Waals surface area contributed by atoms with Gasteiger partial charge in [0.2, 0.25) is 5.95 Å². The first kappa shape index (κ1) is 20.3. The Morgan fingerprint density at radius 1 is 1.16 bits per heavy atom. The number of benzene rings is 1. The number of rotatable bonds is 5. The molecular formula is C22H22N8OS. The lowest BCUT2D eigenvalue weighted by Gasteiger charge is -2.37. The molecule has 0 atom stereocenters. The summed E-state index contributed by atoms with van der Waals surface area (Å²) in [5.41, 5.74) is 8.10. The minimum Gasteiger partial charge on any atom is -0.354 e. The standard InChI is InChI=1S/C22H22N8OS/c1-29(2)22-26-10-18(32-22)13-3-4-15-9-25-21(27-17(15)7-13)28-20(31)14-5-6-24-19(8-14)30-11-16(23)12-30/h3-10,16H,11-12,23H2,1-2H3,(H,25,27,28,31). The predicted octanol–water partition coefficient (Wildman–Crippen LogP) is 2.61. The molecule has 9 nitrogen and oxygen atoms in total. The van der Waals surface area contributed by atoms with Crippen LogP contribution >= 0.6 is 11.3 Å². The van der Waals surface area contributed by atoms with E-state index in [9.17, 15) is 4.79 Å². The molecule has 0 unspecified atom stereocenters. The Bertz CT molecular complexity index is 1300. The summed E-state index contributed by atoms with van der Waals surface area (Å²) in [6.45, 7) is 1.48. The lowest BCUT2D eigenvalue weighted by Crippen LogP contribution is -2.56. The highest BCUT2D eigenvalue weighted by Crippen LogP contribution is 2.31. The van der Waals surface area contributed by atoms with Gasteiger partial charge in [-0.25, -0.2) is 19.9 Å². The van der Waals surface area contributed by atoms with Crippen molar-refractivity contribution >= 4 is 45.0 Å². The third-order valence-corrected chi connectivity index (χ3v) is 6.42. The third-order valence-electron chi connectivity index (χ3n) is 5.21. The Hall–Kier alpha value is -3.63. The Balaban J connectivity index is 1.37. The predicted molar refractivity (Wildman–Crippen MR) is 127 cm³/mol. The molecule has 0 aliphatic carbocycles. The first-order valence-electron chi connectivity index (χ1n) is 10.1. The van der Waals surface area contributed by atoms with Crippen molar-refractivity contribution in [2.75, 3.05) is 42.3 Å². The van der Waals surface area contributed by atoms with E-state index in [4.69, 9.17) is 5.73 Å². The molecule has 1 aromatic carbocycles. The number of carbonyl (C=O) groups is 1. The highest BCUT2D eigenvalue weighted by Gasteiger charge is 2.24. The maximum atomic E-state index is 12.8. The molecule has 3 N–H and O–H groups in total. The highest BCUT2D eigenvalue weighted by molar-refractivity contribution is 7.18. The van der Waals surface area contributed by atoms with Crippen molar-refractivity contribution in [2.24, 2.45) is 5.73 Å². The summed E-state index contributed by atoms with van der Waals surface area (Å²) in [5.74, 6) is 0.708. The average Bonchev–Trinajstić information content (AvgIpc) is 3.27. The molecule has 32 heavy (non-hydrogen) atoms. The van der Waals surface area contributed by atoms with E-state index in [2.05, 4.69) is 25.3 Å². The number of fused-ring (bicyclic) bond motifs is 1. The van der Waals surface area contributed by atoms with Gasteiger partial charge in [-0.1, -0.05) is 23.5 Å². The zero-order chi connectivity index (χ0) is 22.2. The van der Waals surface area contributed by atoms with Crippen LogP contribution in [0.1, 0.15) is 10.4 Å². The third kappa shape index (κ3) is 3.97. The maximum Gasteiger partial charge on any atom is 0.258 e. The molecule has 1 aliphatic rings. The minimum atomic E-state index is -0.285. The smallest absolute Gasteiger partial charge is 0.258 e. The van der Waals surface area contributed by atoms with Crippen LogP contribution in [-0.2, 0) is 0 Å². The normalized spacial score (nSPS) is 13.8. The molecule has 3 aromatic heterocycles. The molecule has 0 spiro atoms. The summed E-state index contributed by atoms with van der Waals surface area (Å²) in [6.07, 6.45) is 5.19. The van der Waals surface area contributed by atoms with Gasteiger partial charge in [0.15, 0.2) is 5.13 Å². The Morgan fingerprint density at radius 3 is 2.75 bits per heavy atom. The van der Waals surface area contributed by atoms with Crippen molar-refractivity contribution in [1.29, 1.82) is 0 Å². The number of carbonyl (C=O) groups excluding carboxylic acids is 1. The molecule has 4 aromatic rings. The molecule has 10 heteroatoms. The van der Waals surface area contributed by atoms with Crippen LogP contribution in [0.5, 0.6) is 0 Å². The van der Waals surface area contributed by atoms with Crippen LogP contribution in [0, 0.1) is 0 Å². The van der Waals surface area contributed by atoms with Crippen molar-refractivity contribution < 1.29 is 4.79 Å². The largest absolute Gasteiger partial charge is 0.354 e. The molecule has 0 radical (unpaired) electrons. The van der Waals surface area contributed by atoms with Crippen molar-refractivity contribution in [3.8, 4) is 10.4 Å². The van der Waals surface area contributed by atoms with Crippen LogP contribution in [0.3, 0.4) is 0 Å². The molecule has 1 amide bonds. The van der Waals surface area contributed by atoms with Gasteiger partial charge in [-0.3, -0.25) is 10.1 Å². The number of nitrogens with one attached hydrogen (secondary N) is 1. The fourth-order valence-corrected chi connectivity index (χ4v) is 4.28. The van der Waals surface area contributed by atoms with E-state index in [0.29, 0.717) is 5.56 Å². The number of nitrogens with two attached hydrogens (primary N) is 1. The molecular weight excluding hydrogens is 424 g/mol. The van der Waals surface area contributed by atoms with Gasteiger partial charge in [0.25, 0.3) is 5.91 Å². The van der Waals surface area contributed by atoms with E-state index >= 15 is 0 Å². The van der Waals surface area contributed by atoms with Gasteiger partial charge in [0.05, 0.1) is 10.4 Å². The van der Waals surface area contributed by atoms with Gasteiger partial charge >= 0.3 is 0 Å². The average molecular weight is 447 g/mol. The zero-order valence-corrected chi connectivity index (χ0v) is 18.5. The van der Waals surface area contributed by atoms with Gasteiger partial charge in [-0.15, -0.1) is 0 Å². The fraction of sp³-hybridized carbons (Fsp3) is 0.227. The number of hydrogen-bond acceptors (Lipinski definition) is 9. The van der Waals surface area contributed by atoms with Crippen LogP contribution in [0.15, 0.2) is 48.9 Å². The summed E-state index contributed by atoms with van der Waals surface area (Å²) in [7, 11) is 3.94. The SMILES string of the molecule is CN(C)c1ncc(-c2ccc3cnc(NC(=O)c4ccnc(N5CC(N)C5)c4)nc3c2)s1. The number of hydrogen-bond donors (Lipinski definition) is 2. The van der Waals surface area contributed by atoms with Crippen LogP contribution in [0.4, 0.5) is 16.9 Å². The topological polar surface area (TPSA) is 113 Å². The van der Waals surface area contributed by atoms with Crippen molar-refractivity contribution in [2.45, 2.75) is 6.04 Å². The van der Waals surface area contributed by atoms with E-state index in [0.717, 1.165) is 45.4 Å². The van der Waals surface area contributed by atoms with Crippen molar-refractivity contribution in [1.82, 2.24) is 19.9 Å². The molecule has 5 rings (SSSR count). The van der Waals surface area contributed by atoms with E-state index in [-0.39, 0.29) is 17.9 Å². The lowest BCUT2D eigenvalue weighted by atomic mass is 10.1. The van der Waals surface area contributed by atoms with E-state index < -0.39 is 0 Å². The van der Waals surface area contributed by atoms with Gasteiger partial charge in [0, 0.05) is 62.8 Å². The van der Waals surface area contributed by atoms with Crippen molar-refractivity contribution in [3.05, 3.63) is 54.5 Å². The number of anilines is 3. The number of pyridine rings is 1. The Morgan fingerprint density at radius 2 is 2.00 bits per heavy atom. The maximum absolute atomic E-state index is 12.8. The van der Waals surface area contributed by atoms with Crippen molar-refractivity contribution in [3.63, 3.8) is 0 Å². The first-order chi connectivity index (χ1) is 15.5. The highest BCUT2D eigenvalue weighted by atomic mass is 32.1. The van der Waals surface area contributed by atoms with Gasteiger partial charge in [-0.05, 0) is 23.8 Å². The summed E-state index contributed by atoms with van der Waals surface area (Å²) in [4.78, 5) is 35.5. The van der Waals surface area contributed by atoms with Gasteiger partial charge < -0.3 is 15.5 Å². The van der Waals surface area contributed by atoms with Crippen LogP contribution in [-0.4, -0.2) is 59.1 Å². The summed E-state index contributed by atoms with van der Waals surface area (Å²) < 4.78 is 0. The Labute approximate surface area is 189 Å². The van der Waals surface area contributed by atoms with Crippen LogP contribution < -0.4 is 20.9 Å². The molecule has 0 bridgehead atoms. The second-order valence-electron chi connectivity index (χ2n) is 7.89. The second-order valence-corrected chi connectivity index (χ2v) is 8.90. The minimum absolute atomic E-state index is 0.157. The fourth-order valence-electron chi connectivity index (χ4n) is 3.45. The van der Waals surface area contributed by atoms with E-state index in [1.807, 2.05) is 48.3 Å². The number of nitrogens with zero attached hydrogens (tertiary/aromatic N) is 6. The number of thiazole rings is 1. The van der Waals surface area contributed by atoms with E-state index in [1.165, 1.54) is 0 Å². The quantitative estimate of drug-likeness (QED) is 0.481. The molecule has 1 saturated heterocycles. The molecule has 1 aliphatic heterocycles. The van der Waals surface area contributed by atoms with Crippen LogP contribution in [0.2, 0.25) is 0 Å². The molecule has 162 valence electrons. The summed E-state index contributed by atoms with van der Waals surface area (Å²) >= 11 is 1.61. The van der Waals surface area contributed by atoms with Gasteiger partial charge in [0.1, 0.15) is 5.82 Å². The molecule has 0 saturated carbocycles.